The van der Waals surface area contributed by atoms with Crippen LogP contribution in [0.4, 0.5) is 0 Å². The number of carbonyl (C=O) groups is 1. The third kappa shape index (κ3) is 4.91. The monoisotopic (exact) mass is 383 g/mol. The lowest BCUT2D eigenvalue weighted by atomic mass is 10.4. The summed E-state index contributed by atoms with van der Waals surface area (Å²) in [5, 5.41) is 0. The first-order valence-corrected chi connectivity index (χ1v) is 7.92. The van der Waals surface area contributed by atoms with Crippen molar-refractivity contribution in [2.75, 3.05) is 13.2 Å². The summed E-state index contributed by atoms with van der Waals surface area (Å²) >= 11 is 2.09. The molecule has 0 bridgehead atoms. The molecule has 0 aliphatic rings. The zero-order valence-corrected chi connectivity index (χ0v) is 12.8. The molecule has 1 aromatic carbocycles. The summed E-state index contributed by atoms with van der Waals surface area (Å²) in [7, 11) is -3.55. The lowest BCUT2D eigenvalue weighted by Gasteiger charge is -2.06. The highest BCUT2D eigenvalue weighted by Crippen LogP contribution is 2.11. The number of carbonyl (C=O) groups excluding carboxylic acids is 1. The van der Waals surface area contributed by atoms with Crippen molar-refractivity contribution in [1.29, 1.82) is 0 Å². The van der Waals surface area contributed by atoms with Crippen LogP contribution >= 0.6 is 22.6 Å². The van der Waals surface area contributed by atoms with Gasteiger partial charge in [-0.3, -0.25) is 4.79 Å². The smallest absolute Gasteiger partial charge is 0.307 e. The Hall–Kier alpha value is -0.670. The number of hydrogen-bond donors (Lipinski definition) is 1. The second-order valence-electron chi connectivity index (χ2n) is 3.41. The van der Waals surface area contributed by atoms with E-state index in [2.05, 4.69) is 27.3 Å². The summed E-state index contributed by atoms with van der Waals surface area (Å²) in [4.78, 5) is 11.2. The largest absolute Gasteiger partial charge is 0.466 e. The fourth-order valence-electron chi connectivity index (χ4n) is 1.22. The Morgan fingerprint density at radius 3 is 2.50 bits per heavy atom. The lowest BCUT2D eigenvalue weighted by Crippen LogP contribution is -2.26. The van der Waals surface area contributed by atoms with E-state index < -0.39 is 16.0 Å². The Bertz CT molecular complexity index is 498. The van der Waals surface area contributed by atoms with Crippen molar-refractivity contribution >= 4 is 38.6 Å². The van der Waals surface area contributed by atoms with Gasteiger partial charge in [-0.15, -0.1) is 0 Å². The van der Waals surface area contributed by atoms with Gasteiger partial charge < -0.3 is 4.74 Å². The maximum atomic E-state index is 11.8. The van der Waals surface area contributed by atoms with E-state index in [-0.39, 0.29) is 17.9 Å². The first kappa shape index (κ1) is 15.4. The Kier molecular flexibility index (Phi) is 6.03. The van der Waals surface area contributed by atoms with Crippen LogP contribution in [0.15, 0.2) is 29.2 Å². The van der Waals surface area contributed by atoms with E-state index in [9.17, 15) is 13.2 Å². The minimum atomic E-state index is -3.55. The molecule has 0 fully saturated rings. The van der Waals surface area contributed by atoms with Gasteiger partial charge in [0.15, 0.2) is 0 Å². The van der Waals surface area contributed by atoms with Gasteiger partial charge in [-0.05, 0) is 53.8 Å². The van der Waals surface area contributed by atoms with Crippen molar-refractivity contribution in [3.63, 3.8) is 0 Å². The number of rotatable bonds is 6. The van der Waals surface area contributed by atoms with Crippen molar-refractivity contribution < 1.29 is 17.9 Å². The predicted molar refractivity (Wildman–Crippen MR) is 75.6 cm³/mol. The van der Waals surface area contributed by atoms with Gasteiger partial charge >= 0.3 is 5.97 Å². The van der Waals surface area contributed by atoms with Crippen LogP contribution in [0, 0.1) is 3.57 Å². The number of ether oxygens (including phenoxy) is 1. The Labute approximate surface area is 120 Å². The topological polar surface area (TPSA) is 72.5 Å². The van der Waals surface area contributed by atoms with Crippen molar-refractivity contribution in [3.8, 4) is 0 Å². The fourth-order valence-corrected chi connectivity index (χ4v) is 2.61. The van der Waals surface area contributed by atoms with Gasteiger partial charge in [0.05, 0.1) is 17.9 Å². The van der Waals surface area contributed by atoms with Gasteiger partial charge in [0.25, 0.3) is 0 Å². The summed E-state index contributed by atoms with van der Waals surface area (Å²) in [6.07, 6.45) is 0.0252. The molecule has 0 atom stereocenters. The number of benzene rings is 1. The van der Waals surface area contributed by atoms with E-state index in [0.717, 1.165) is 3.57 Å². The molecule has 1 aromatic rings. The van der Waals surface area contributed by atoms with E-state index in [1.807, 2.05) is 0 Å². The molecule has 0 aliphatic carbocycles. The highest BCUT2D eigenvalue weighted by atomic mass is 127. The number of hydrogen-bond acceptors (Lipinski definition) is 4. The zero-order chi connectivity index (χ0) is 13.6. The van der Waals surface area contributed by atoms with Crippen molar-refractivity contribution in [3.05, 3.63) is 27.8 Å². The summed E-state index contributed by atoms with van der Waals surface area (Å²) in [5.74, 6) is -0.414. The third-order valence-corrected chi connectivity index (χ3v) is 4.25. The van der Waals surface area contributed by atoms with Gasteiger partial charge in [-0.2, -0.15) is 0 Å². The average Bonchev–Trinajstić information content (AvgIpc) is 2.29. The molecule has 0 saturated heterocycles. The van der Waals surface area contributed by atoms with Crippen LogP contribution in [-0.2, 0) is 19.6 Å². The highest BCUT2D eigenvalue weighted by Gasteiger charge is 2.13. The van der Waals surface area contributed by atoms with Gasteiger partial charge in [0.1, 0.15) is 0 Å². The summed E-state index contributed by atoms with van der Waals surface area (Å²) in [6, 6.07) is 6.46. The summed E-state index contributed by atoms with van der Waals surface area (Å²) in [5.41, 5.74) is 0. The second kappa shape index (κ2) is 7.05. The minimum Gasteiger partial charge on any atom is -0.466 e. The van der Waals surface area contributed by atoms with E-state index >= 15 is 0 Å². The first-order valence-electron chi connectivity index (χ1n) is 5.36. The lowest BCUT2D eigenvalue weighted by molar-refractivity contribution is -0.142. The molecule has 1 N–H and O–H groups in total. The Balaban J connectivity index is 2.55. The van der Waals surface area contributed by atoms with Crippen LogP contribution in [-0.4, -0.2) is 27.5 Å². The van der Waals surface area contributed by atoms with Crippen molar-refractivity contribution in [2.45, 2.75) is 18.2 Å². The average molecular weight is 383 g/mol. The zero-order valence-electron chi connectivity index (χ0n) is 9.85. The molecular formula is C11H14INO4S. The maximum Gasteiger partial charge on any atom is 0.307 e. The van der Waals surface area contributed by atoms with E-state index in [4.69, 9.17) is 4.74 Å². The summed E-state index contributed by atoms with van der Waals surface area (Å²) < 4.78 is 31.6. The fraction of sp³-hybridized carbons (Fsp3) is 0.364. The van der Waals surface area contributed by atoms with Gasteiger partial charge in [-0.25, -0.2) is 13.1 Å². The number of esters is 1. The van der Waals surface area contributed by atoms with E-state index in [1.165, 1.54) is 12.1 Å². The normalized spacial score (nSPS) is 11.2. The van der Waals surface area contributed by atoms with Crippen molar-refractivity contribution in [1.82, 2.24) is 4.72 Å². The molecule has 0 radical (unpaired) electrons. The molecule has 0 amide bonds. The molecular weight excluding hydrogens is 369 g/mol. The molecule has 0 aromatic heterocycles. The molecule has 0 saturated carbocycles. The third-order valence-electron chi connectivity index (χ3n) is 2.05. The molecule has 7 heteroatoms. The van der Waals surface area contributed by atoms with E-state index in [0.29, 0.717) is 6.61 Å². The maximum absolute atomic E-state index is 11.8. The molecule has 1 rings (SSSR count). The van der Waals surface area contributed by atoms with Crippen LogP contribution in [0.5, 0.6) is 0 Å². The SMILES string of the molecule is CCOC(=O)CCNS(=O)(=O)c1ccc(I)cc1. The number of halogens is 1. The molecule has 0 heterocycles. The molecule has 100 valence electrons. The van der Waals surface area contributed by atoms with Crippen LogP contribution < -0.4 is 4.72 Å². The van der Waals surface area contributed by atoms with Gasteiger partial charge in [0, 0.05) is 10.1 Å². The van der Waals surface area contributed by atoms with Crippen molar-refractivity contribution in [2.24, 2.45) is 0 Å². The Morgan fingerprint density at radius 1 is 1.33 bits per heavy atom. The summed E-state index contributed by atoms with van der Waals surface area (Å²) in [6.45, 7) is 2.03. The first-order chi connectivity index (χ1) is 8.45. The van der Waals surface area contributed by atoms with Crippen LogP contribution in [0.2, 0.25) is 0 Å². The molecule has 0 unspecified atom stereocenters. The van der Waals surface area contributed by atoms with E-state index in [1.54, 1.807) is 19.1 Å². The van der Waals surface area contributed by atoms with Crippen LogP contribution in [0.1, 0.15) is 13.3 Å². The molecule has 5 nitrogen and oxygen atoms in total. The predicted octanol–water partition coefficient (Wildman–Crippen LogP) is 1.52. The van der Waals surface area contributed by atoms with Gasteiger partial charge in [0.2, 0.25) is 10.0 Å². The molecule has 0 aliphatic heterocycles. The highest BCUT2D eigenvalue weighted by molar-refractivity contribution is 14.1. The minimum absolute atomic E-state index is 0.0252. The quantitative estimate of drug-likeness (QED) is 0.597. The second-order valence-corrected chi connectivity index (χ2v) is 6.42. The number of sulfonamides is 1. The van der Waals surface area contributed by atoms with Crippen LogP contribution in [0.3, 0.4) is 0 Å². The van der Waals surface area contributed by atoms with Gasteiger partial charge in [-0.1, -0.05) is 0 Å². The van der Waals surface area contributed by atoms with Crippen LogP contribution in [0.25, 0.3) is 0 Å². The molecule has 0 spiro atoms. The Morgan fingerprint density at radius 2 is 1.94 bits per heavy atom. The molecule has 18 heavy (non-hydrogen) atoms. The standard InChI is InChI=1S/C11H14INO4S/c1-2-17-11(14)7-8-13-18(15,16)10-5-3-9(12)4-6-10/h3-6,13H,2,7-8H2,1H3. The number of nitrogens with one attached hydrogen (secondary N) is 1.